The lowest BCUT2D eigenvalue weighted by Gasteiger charge is -2.13. The first-order valence-corrected chi connectivity index (χ1v) is 10.7. The number of nitrogens with one attached hydrogen (secondary N) is 1. The third-order valence-corrected chi connectivity index (χ3v) is 6.47. The lowest BCUT2D eigenvalue weighted by atomic mass is 10.1. The lowest BCUT2D eigenvalue weighted by Crippen LogP contribution is -2.32. The molecule has 0 unspecified atom stereocenters. The summed E-state index contributed by atoms with van der Waals surface area (Å²) >= 11 is 1.67. The Morgan fingerprint density at radius 2 is 1.90 bits per heavy atom. The third kappa shape index (κ3) is 3.64. The fourth-order valence-corrected chi connectivity index (χ4v) is 4.53. The van der Waals surface area contributed by atoms with E-state index in [2.05, 4.69) is 33.0 Å². The maximum absolute atomic E-state index is 12.8. The molecule has 5 rings (SSSR count). The summed E-state index contributed by atoms with van der Waals surface area (Å²) < 4.78 is 5.04. The molecule has 1 fully saturated rings. The average molecular weight is 417 g/mol. The van der Waals surface area contributed by atoms with E-state index in [9.17, 15) is 4.79 Å². The Morgan fingerprint density at radius 1 is 1.10 bits per heavy atom. The van der Waals surface area contributed by atoms with Gasteiger partial charge in [0.25, 0.3) is 5.91 Å². The number of benzene rings is 2. The number of carbonyl (C=O) groups excluding carboxylic acids is 1. The molecule has 1 aliphatic rings. The molecule has 2 aromatic carbocycles. The van der Waals surface area contributed by atoms with Crippen LogP contribution in [0.15, 0.2) is 64.5 Å². The quantitative estimate of drug-likeness (QED) is 0.496. The van der Waals surface area contributed by atoms with E-state index in [1.807, 2.05) is 30.3 Å². The van der Waals surface area contributed by atoms with Crippen molar-refractivity contribution < 1.29 is 9.32 Å². The average Bonchev–Trinajstić information content (AvgIpc) is 3.19. The summed E-state index contributed by atoms with van der Waals surface area (Å²) in [4.78, 5) is 21.9. The minimum atomic E-state index is -0.108. The van der Waals surface area contributed by atoms with Crippen molar-refractivity contribution in [2.24, 2.45) is 0 Å². The molecule has 0 bridgehead atoms. The summed E-state index contributed by atoms with van der Waals surface area (Å²) in [6, 6.07) is 17.5. The monoisotopic (exact) mass is 416 g/mol. The van der Waals surface area contributed by atoms with Crippen molar-refractivity contribution in [1.82, 2.24) is 20.4 Å². The van der Waals surface area contributed by atoms with Crippen LogP contribution in [0.2, 0.25) is 0 Å². The van der Waals surface area contributed by atoms with Crippen LogP contribution in [0.3, 0.4) is 0 Å². The van der Waals surface area contributed by atoms with Crippen LogP contribution in [0.5, 0.6) is 0 Å². The molecule has 4 aromatic rings. The predicted octanol–water partition coefficient (Wildman–Crippen LogP) is 4.63. The standard InChI is InChI=1S/C23H20N4O2S/c1-15-25-20(27-29-15)17-8-5-9-18(12-17)21(28)24-14-23(10-11-23)22-26-19(13-30-22)16-6-3-2-4-7-16/h2-9,12-13H,10-11,14H2,1H3,(H,24,28). The van der Waals surface area contributed by atoms with Gasteiger partial charge in [-0.05, 0) is 25.0 Å². The molecule has 0 saturated heterocycles. The molecule has 6 nitrogen and oxygen atoms in total. The zero-order valence-electron chi connectivity index (χ0n) is 16.5. The van der Waals surface area contributed by atoms with E-state index in [1.165, 1.54) is 0 Å². The molecule has 1 saturated carbocycles. The van der Waals surface area contributed by atoms with Gasteiger partial charge >= 0.3 is 0 Å². The van der Waals surface area contributed by atoms with Crippen LogP contribution in [0.1, 0.15) is 34.1 Å². The van der Waals surface area contributed by atoms with E-state index in [-0.39, 0.29) is 11.3 Å². The number of aromatic nitrogens is 3. The minimum Gasteiger partial charge on any atom is -0.351 e. The van der Waals surface area contributed by atoms with E-state index in [0.29, 0.717) is 23.8 Å². The van der Waals surface area contributed by atoms with Crippen LogP contribution in [0, 0.1) is 6.92 Å². The van der Waals surface area contributed by atoms with Crippen molar-refractivity contribution >= 4 is 17.2 Å². The minimum absolute atomic E-state index is 0.0459. The highest BCUT2D eigenvalue weighted by atomic mass is 32.1. The van der Waals surface area contributed by atoms with Gasteiger partial charge < -0.3 is 9.84 Å². The van der Waals surface area contributed by atoms with Crippen LogP contribution >= 0.6 is 11.3 Å². The zero-order chi connectivity index (χ0) is 20.6. The summed E-state index contributed by atoms with van der Waals surface area (Å²) in [7, 11) is 0. The first-order valence-electron chi connectivity index (χ1n) is 9.83. The normalized spacial score (nSPS) is 14.4. The number of hydrogen-bond donors (Lipinski definition) is 1. The number of aryl methyl sites for hydroxylation is 1. The largest absolute Gasteiger partial charge is 0.351 e. The Bertz CT molecular complexity index is 1190. The lowest BCUT2D eigenvalue weighted by molar-refractivity contribution is 0.0949. The number of thiazole rings is 1. The molecule has 0 radical (unpaired) electrons. The van der Waals surface area contributed by atoms with Crippen molar-refractivity contribution in [3.05, 3.63) is 76.4 Å². The molecule has 150 valence electrons. The molecule has 1 N–H and O–H groups in total. The van der Waals surface area contributed by atoms with Gasteiger partial charge in [0.15, 0.2) is 0 Å². The highest BCUT2D eigenvalue weighted by Gasteiger charge is 2.47. The SMILES string of the molecule is Cc1nc(-c2cccc(C(=O)NCC3(c4nc(-c5ccccc5)cs4)CC3)c2)no1. The fraction of sp³-hybridized carbons (Fsp3) is 0.217. The molecule has 30 heavy (non-hydrogen) atoms. The molecule has 0 atom stereocenters. The highest BCUT2D eigenvalue weighted by Crippen LogP contribution is 2.49. The van der Waals surface area contributed by atoms with Crippen LogP contribution in [0.25, 0.3) is 22.6 Å². The van der Waals surface area contributed by atoms with Gasteiger partial charge in [0.05, 0.1) is 5.69 Å². The molecule has 2 aromatic heterocycles. The summed E-state index contributed by atoms with van der Waals surface area (Å²) in [5.74, 6) is 0.870. The molecule has 0 aliphatic heterocycles. The van der Waals surface area contributed by atoms with Gasteiger partial charge in [-0.3, -0.25) is 4.79 Å². The molecule has 1 aliphatic carbocycles. The van der Waals surface area contributed by atoms with Gasteiger partial charge in [0.2, 0.25) is 11.7 Å². The highest BCUT2D eigenvalue weighted by molar-refractivity contribution is 7.10. The van der Waals surface area contributed by atoms with Gasteiger partial charge in [0, 0.05) is 41.0 Å². The Labute approximate surface area is 178 Å². The molecule has 0 spiro atoms. The molecule has 1 amide bonds. The number of amides is 1. The van der Waals surface area contributed by atoms with E-state index in [1.54, 1.807) is 30.4 Å². The van der Waals surface area contributed by atoms with E-state index < -0.39 is 0 Å². The zero-order valence-corrected chi connectivity index (χ0v) is 17.3. The number of rotatable bonds is 6. The number of carbonyl (C=O) groups is 1. The third-order valence-electron chi connectivity index (χ3n) is 5.38. The second kappa shape index (κ2) is 7.50. The van der Waals surface area contributed by atoms with Gasteiger partial charge in [-0.1, -0.05) is 47.6 Å². The molecule has 7 heteroatoms. The van der Waals surface area contributed by atoms with Crippen molar-refractivity contribution in [3.8, 4) is 22.6 Å². The van der Waals surface area contributed by atoms with Crippen LogP contribution in [-0.4, -0.2) is 27.6 Å². The Morgan fingerprint density at radius 3 is 2.63 bits per heavy atom. The van der Waals surface area contributed by atoms with Gasteiger partial charge in [-0.2, -0.15) is 4.98 Å². The second-order valence-corrected chi connectivity index (χ2v) is 8.44. The maximum atomic E-state index is 12.8. The number of hydrogen-bond acceptors (Lipinski definition) is 6. The topological polar surface area (TPSA) is 80.9 Å². The van der Waals surface area contributed by atoms with Gasteiger partial charge in [-0.15, -0.1) is 11.3 Å². The van der Waals surface area contributed by atoms with Crippen molar-refractivity contribution in [1.29, 1.82) is 0 Å². The summed E-state index contributed by atoms with van der Waals surface area (Å²) in [5.41, 5.74) is 3.41. The van der Waals surface area contributed by atoms with Crippen LogP contribution < -0.4 is 5.32 Å². The first kappa shape index (κ1) is 18.7. The van der Waals surface area contributed by atoms with E-state index in [0.717, 1.165) is 34.7 Å². The summed E-state index contributed by atoms with van der Waals surface area (Å²) in [5, 5.41) is 10.2. The van der Waals surface area contributed by atoms with Crippen LogP contribution in [-0.2, 0) is 5.41 Å². The maximum Gasteiger partial charge on any atom is 0.251 e. The molecular weight excluding hydrogens is 396 g/mol. The van der Waals surface area contributed by atoms with Crippen molar-refractivity contribution in [3.63, 3.8) is 0 Å². The van der Waals surface area contributed by atoms with Gasteiger partial charge in [0.1, 0.15) is 5.01 Å². The Kier molecular flexibility index (Phi) is 4.67. The summed E-state index contributed by atoms with van der Waals surface area (Å²) in [6.07, 6.45) is 2.08. The first-order chi connectivity index (χ1) is 14.6. The fourth-order valence-electron chi connectivity index (χ4n) is 3.44. The Balaban J connectivity index is 1.28. The van der Waals surface area contributed by atoms with Gasteiger partial charge in [-0.25, -0.2) is 4.98 Å². The predicted molar refractivity (Wildman–Crippen MR) is 115 cm³/mol. The van der Waals surface area contributed by atoms with Crippen molar-refractivity contribution in [2.45, 2.75) is 25.2 Å². The smallest absolute Gasteiger partial charge is 0.251 e. The second-order valence-electron chi connectivity index (χ2n) is 7.58. The molecule has 2 heterocycles. The van der Waals surface area contributed by atoms with Crippen LogP contribution in [0.4, 0.5) is 0 Å². The van der Waals surface area contributed by atoms with Crippen molar-refractivity contribution in [2.75, 3.05) is 6.54 Å². The molecular formula is C23H20N4O2S. The Hall–Kier alpha value is -3.32. The number of nitrogens with zero attached hydrogens (tertiary/aromatic N) is 3. The van der Waals surface area contributed by atoms with E-state index >= 15 is 0 Å². The summed E-state index contributed by atoms with van der Waals surface area (Å²) in [6.45, 7) is 2.32. The van der Waals surface area contributed by atoms with E-state index in [4.69, 9.17) is 9.51 Å².